The van der Waals surface area contributed by atoms with Crippen LogP contribution >= 0.6 is 0 Å². The predicted octanol–water partition coefficient (Wildman–Crippen LogP) is 4.08. The minimum atomic E-state index is -4.42. The van der Waals surface area contributed by atoms with Crippen LogP contribution in [-0.4, -0.2) is 6.54 Å². The predicted molar refractivity (Wildman–Crippen MR) is 58.9 cm³/mol. The fourth-order valence-electron chi connectivity index (χ4n) is 1.57. The Balaban J connectivity index is 2.25. The van der Waals surface area contributed by atoms with Crippen molar-refractivity contribution in [3.63, 3.8) is 0 Å². The summed E-state index contributed by atoms with van der Waals surface area (Å²) in [7, 11) is 0. The molecule has 90 valence electrons. The number of anilines is 1. The van der Waals surface area contributed by atoms with E-state index in [1.807, 2.05) is 0 Å². The molecule has 1 aliphatic rings. The lowest BCUT2D eigenvalue weighted by molar-refractivity contribution is -0.136. The number of hydrogen-bond acceptors (Lipinski definition) is 1. The van der Waals surface area contributed by atoms with Gasteiger partial charge in [-0.2, -0.15) is 13.2 Å². The highest BCUT2D eigenvalue weighted by molar-refractivity contribution is 5.61. The van der Waals surface area contributed by atoms with Gasteiger partial charge in [0.15, 0.2) is 5.69 Å². The van der Waals surface area contributed by atoms with Gasteiger partial charge in [-0.3, -0.25) is 0 Å². The van der Waals surface area contributed by atoms with Gasteiger partial charge >= 0.3 is 6.18 Å². The molecule has 0 atom stereocenters. The van der Waals surface area contributed by atoms with E-state index in [9.17, 15) is 13.2 Å². The van der Waals surface area contributed by atoms with Gasteiger partial charge in [0.2, 0.25) is 0 Å². The largest absolute Gasteiger partial charge is 0.417 e. The van der Waals surface area contributed by atoms with Crippen LogP contribution < -0.4 is 5.32 Å². The van der Waals surface area contributed by atoms with Crippen molar-refractivity contribution in [1.82, 2.24) is 0 Å². The van der Waals surface area contributed by atoms with Gasteiger partial charge in [-0.25, -0.2) is 4.85 Å². The monoisotopic (exact) mass is 240 g/mol. The SMILES string of the molecule is [C-]#[N+]c1ccc(NCC2CC2)c(C(F)(F)F)c1. The van der Waals surface area contributed by atoms with Crippen molar-refractivity contribution in [2.24, 2.45) is 5.92 Å². The summed E-state index contributed by atoms with van der Waals surface area (Å²) < 4.78 is 38.3. The Hall–Kier alpha value is -1.70. The topological polar surface area (TPSA) is 16.4 Å². The van der Waals surface area contributed by atoms with E-state index in [-0.39, 0.29) is 11.4 Å². The lowest BCUT2D eigenvalue weighted by Gasteiger charge is -2.14. The zero-order valence-corrected chi connectivity index (χ0v) is 9.01. The van der Waals surface area contributed by atoms with Crippen LogP contribution in [0, 0.1) is 12.5 Å². The number of hydrogen-bond donors (Lipinski definition) is 1. The van der Waals surface area contributed by atoms with E-state index >= 15 is 0 Å². The summed E-state index contributed by atoms with van der Waals surface area (Å²) >= 11 is 0. The van der Waals surface area contributed by atoms with E-state index in [4.69, 9.17) is 6.57 Å². The zero-order chi connectivity index (χ0) is 12.5. The molecule has 1 aromatic rings. The third-order valence-corrected chi connectivity index (χ3v) is 2.72. The average Bonchev–Trinajstić information content (AvgIpc) is 3.08. The molecule has 1 aromatic carbocycles. The first kappa shape index (κ1) is 11.8. The first-order valence-corrected chi connectivity index (χ1v) is 5.33. The second-order valence-corrected chi connectivity index (χ2v) is 4.16. The molecule has 1 fully saturated rings. The molecule has 2 rings (SSSR count). The van der Waals surface area contributed by atoms with Crippen LogP contribution in [0.3, 0.4) is 0 Å². The van der Waals surface area contributed by atoms with Gasteiger partial charge in [-0.15, -0.1) is 0 Å². The standard InChI is InChI=1S/C12H11F3N2/c1-16-9-4-5-11(17-7-8-2-3-8)10(6-9)12(13,14)15/h4-6,8,17H,2-3,7H2. The van der Waals surface area contributed by atoms with Crippen LogP contribution in [0.2, 0.25) is 0 Å². The Bertz CT molecular complexity index is 456. The number of halogens is 3. The summed E-state index contributed by atoms with van der Waals surface area (Å²) in [5.74, 6) is 0.497. The molecule has 5 heteroatoms. The van der Waals surface area contributed by atoms with Gasteiger partial charge in [0.1, 0.15) is 0 Å². The van der Waals surface area contributed by atoms with E-state index < -0.39 is 11.7 Å². The molecule has 0 spiro atoms. The molecule has 1 saturated carbocycles. The molecule has 2 nitrogen and oxygen atoms in total. The summed E-state index contributed by atoms with van der Waals surface area (Å²) in [6, 6.07) is 3.62. The fraction of sp³-hybridized carbons (Fsp3) is 0.417. The third-order valence-electron chi connectivity index (χ3n) is 2.72. The molecule has 0 radical (unpaired) electrons. The number of alkyl halides is 3. The quantitative estimate of drug-likeness (QED) is 0.787. The highest BCUT2D eigenvalue weighted by Crippen LogP contribution is 2.38. The maximum atomic E-state index is 12.8. The lowest BCUT2D eigenvalue weighted by Crippen LogP contribution is -2.12. The smallest absolute Gasteiger partial charge is 0.384 e. The van der Waals surface area contributed by atoms with E-state index in [1.54, 1.807) is 0 Å². The highest BCUT2D eigenvalue weighted by atomic mass is 19.4. The van der Waals surface area contributed by atoms with Crippen molar-refractivity contribution >= 4 is 11.4 Å². The van der Waals surface area contributed by atoms with E-state index in [0.29, 0.717) is 12.5 Å². The zero-order valence-electron chi connectivity index (χ0n) is 9.01. The fourth-order valence-corrected chi connectivity index (χ4v) is 1.57. The normalized spacial score (nSPS) is 15.4. The lowest BCUT2D eigenvalue weighted by atomic mass is 10.1. The summed E-state index contributed by atoms with van der Waals surface area (Å²) in [4.78, 5) is 3.02. The molecule has 0 aromatic heterocycles. The first-order chi connectivity index (χ1) is 8.00. The van der Waals surface area contributed by atoms with Crippen LogP contribution in [0.15, 0.2) is 18.2 Å². The molecule has 1 aliphatic carbocycles. The molecule has 1 N–H and O–H groups in total. The van der Waals surface area contributed by atoms with Crippen LogP contribution in [-0.2, 0) is 6.18 Å². The number of rotatable bonds is 3. The Morgan fingerprint density at radius 2 is 2.06 bits per heavy atom. The van der Waals surface area contributed by atoms with Crippen molar-refractivity contribution in [1.29, 1.82) is 0 Å². The van der Waals surface area contributed by atoms with E-state index in [1.165, 1.54) is 12.1 Å². The van der Waals surface area contributed by atoms with Crippen molar-refractivity contribution in [2.45, 2.75) is 19.0 Å². The second kappa shape index (κ2) is 4.28. The number of nitrogens with one attached hydrogen (secondary N) is 1. The van der Waals surface area contributed by atoms with Crippen molar-refractivity contribution in [2.75, 3.05) is 11.9 Å². The van der Waals surface area contributed by atoms with Crippen LogP contribution in [0.5, 0.6) is 0 Å². The van der Waals surface area contributed by atoms with Gasteiger partial charge < -0.3 is 5.32 Å². The molecule has 0 bridgehead atoms. The summed E-state index contributed by atoms with van der Waals surface area (Å²) in [5.41, 5.74) is -0.683. The van der Waals surface area contributed by atoms with Crippen LogP contribution in [0.25, 0.3) is 4.85 Å². The van der Waals surface area contributed by atoms with Crippen molar-refractivity contribution in [3.05, 3.63) is 35.2 Å². The molecule has 0 heterocycles. The summed E-state index contributed by atoms with van der Waals surface area (Å²) in [6.45, 7) is 7.30. The van der Waals surface area contributed by atoms with E-state index in [0.717, 1.165) is 18.9 Å². The highest BCUT2D eigenvalue weighted by Gasteiger charge is 2.34. The van der Waals surface area contributed by atoms with Gasteiger partial charge in [0, 0.05) is 12.2 Å². The minimum Gasteiger partial charge on any atom is -0.384 e. The molecule has 0 aliphatic heterocycles. The Kier molecular flexibility index (Phi) is 2.97. The molecular formula is C12H11F3N2. The van der Waals surface area contributed by atoms with Crippen molar-refractivity contribution in [3.8, 4) is 0 Å². The number of nitrogens with zero attached hydrogens (tertiary/aromatic N) is 1. The van der Waals surface area contributed by atoms with Gasteiger partial charge in [-0.05, 0) is 30.9 Å². The Morgan fingerprint density at radius 1 is 1.35 bits per heavy atom. The van der Waals surface area contributed by atoms with Crippen LogP contribution in [0.4, 0.5) is 24.5 Å². The second-order valence-electron chi connectivity index (χ2n) is 4.16. The average molecular weight is 240 g/mol. The Morgan fingerprint density at radius 3 is 2.59 bits per heavy atom. The number of benzene rings is 1. The summed E-state index contributed by atoms with van der Waals surface area (Å²) in [6.07, 6.45) is -2.27. The molecule has 0 unspecified atom stereocenters. The summed E-state index contributed by atoms with van der Waals surface area (Å²) in [5, 5.41) is 2.81. The molecular weight excluding hydrogens is 229 g/mol. The van der Waals surface area contributed by atoms with Crippen LogP contribution in [0.1, 0.15) is 18.4 Å². The Labute approximate surface area is 97.3 Å². The van der Waals surface area contributed by atoms with Gasteiger partial charge in [0.25, 0.3) is 0 Å². The molecule has 17 heavy (non-hydrogen) atoms. The first-order valence-electron chi connectivity index (χ1n) is 5.33. The van der Waals surface area contributed by atoms with Crippen molar-refractivity contribution < 1.29 is 13.2 Å². The maximum absolute atomic E-state index is 12.8. The maximum Gasteiger partial charge on any atom is 0.417 e. The minimum absolute atomic E-state index is 0.00861. The van der Waals surface area contributed by atoms with E-state index in [2.05, 4.69) is 10.2 Å². The van der Waals surface area contributed by atoms with Gasteiger partial charge in [0.05, 0.1) is 12.1 Å². The molecule has 0 amide bonds. The molecule has 0 saturated heterocycles. The van der Waals surface area contributed by atoms with Gasteiger partial charge in [-0.1, -0.05) is 6.07 Å². The third kappa shape index (κ3) is 2.90.